The lowest BCUT2D eigenvalue weighted by Crippen LogP contribution is -2.71. The molecule has 2 aromatic rings. The van der Waals surface area contributed by atoms with E-state index in [-0.39, 0.29) is 22.4 Å². The van der Waals surface area contributed by atoms with Crippen LogP contribution in [0.25, 0.3) is 11.3 Å². The smallest absolute Gasteiger partial charge is 0.376 e. The first-order valence-corrected chi connectivity index (χ1v) is 8.62. The largest absolute Gasteiger partial charge is 0.416 e. The van der Waals surface area contributed by atoms with E-state index in [1.807, 2.05) is 0 Å². The maximum atomic E-state index is 13.6. The third kappa shape index (κ3) is 3.64. The second kappa shape index (κ2) is 7.51. The molecule has 2 heterocycles. The summed E-state index contributed by atoms with van der Waals surface area (Å²) >= 11 is 0. The monoisotopic (exact) mass is 438 g/mol. The van der Waals surface area contributed by atoms with Gasteiger partial charge in [-0.1, -0.05) is 0 Å². The van der Waals surface area contributed by atoms with Crippen LogP contribution in [0.1, 0.15) is 26.4 Å². The van der Waals surface area contributed by atoms with Gasteiger partial charge in [-0.25, -0.2) is 4.39 Å². The van der Waals surface area contributed by atoms with Crippen molar-refractivity contribution in [2.75, 3.05) is 13.2 Å². The third-order valence-corrected chi connectivity index (χ3v) is 4.89. The minimum atomic E-state index is -4.85. The molecule has 12 heteroatoms. The minimum Gasteiger partial charge on any atom is -0.376 e. The fourth-order valence-electron chi connectivity index (χ4n) is 3.12. The van der Waals surface area contributed by atoms with Crippen molar-refractivity contribution < 1.29 is 36.7 Å². The Kier molecular flexibility index (Phi) is 5.33. The summed E-state index contributed by atoms with van der Waals surface area (Å²) in [6, 6.07) is 5.86. The SMILES string of the molecule is Cn1c(C(=O)C(=O)NC2(C(F)(F)F)COC2)cc(C(N)=O)c1-c1ccc(F)c(C#N)c1. The van der Waals surface area contributed by atoms with Crippen molar-refractivity contribution in [2.24, 2.45) is 12.8 Å². The molecule has 0 unspecified atom stereocenters. The zero-order chi connectivity index (χ0) is 23.1. The van der Waals surface area contributed by atoms with Gasteiger partial charge >= 0.3 is 6.18 Å². The van der Waals surface area contributed by atoms with Crippen LogP contribution in [-0.4, -0.2) is 47.1 Å². The van der Waals surface area contributed by atoms with Gasteiger partial charge in [-0.2, -0.15) is 18.4 Å². The standard InChI is InChI=1S/C19H14F4N4O4/c1-27-13(15(28)17(30)26-18(7-31-8-18)19(21,22)23)5-11(16(25)29)14(27)9-2-3-12(20)10(4-9)6-24/h2-5H,7-8H2,1H3,(H2,25,29)(H,26,30). The number of nitriles is 1. The maximum Gasteiger partial charge on any atom is 0.416 e. The number of amides is 2. The highest BCUT2D eigenvalue weighted by atomic mass is 19.4. The van der Waals surface area contributed by atoms with Crippen molar-refractivity contribution in [3.05, 3.63) is 46.9 Å². The number of carbonyl (C=O) groups excluding carboxylic acids is 3. The van der Waals surface area contributed by atoms with Gasteiger partial charge in [0.25, 0.3) is 17.6 Å². The number of rotatable bonds is 5. The molecule has 8 nitrogen and oxygen atoms in total. The van der Waals surface area contributed by atoms with Gasteiger partial charge in [0.1, 0.15) is 11.9 Å². The Morgan fingerprint density at radius 3 is 2.39 bits per heavy atom. The summed E-state index contributed by atoms with van der Waals surface area (Å²) in [5.41, 5.74) is 1.74. The summed E-state index contributed by atoms with van der Waals surface area (Å²) < 4.78 is 59.0. The zero-order valence-corrected chi connectivity index (χ0v) is 15.8. The number of ether oxygens (including phenoxy) is 1. The summed E-state index contributed by atoms with van der Waals surface area (Å²) in [5, 5.41) is 10.7. The Morgan fingerprint density at radius 1 is 1.26 bits per heavy atom. The first-order chi connectivity index (χ1) is 14.4. The molecule has 3 N–H and O–H groups in total. The number of hydrogen-bond donors (Lipinski definition) is 2. The van der Waals surface area contributed by atoms with E-state index < -0.39 is 54.0 Å². The van der Waals surface area contributed by atoms with Gasteiger partial charge in [-0.3, -0.25) is 14.4 Å². The number of nitrogens with zero attached hydrogens (tertiary/aromatic N) is 2. The number of primary amides is 1. The van der Waals surface area contributed by atoms with Crippen molar-refractivity contribution in [3.63, 3.8) is 0 Å². The van der Waals surface area contributed by atoms with E-state index in [4.69, 9.17) is 11.0 Å². The molecule has 31 heavy (non-hydrogen) atoms. The Hall–Kier alpha value is -3.72. The third-order valence-electron chi connectivity index (χ3n) is 4.89. The summed E-state index contributed by atoms with van der Waals surface area (Å²) in [5.74, 6) is -4.74. The molecule has 0 spiro atoms. The Balaban J connectivity index is 2.02. The van der Waals surface area contributed by atoms with Crippen LogP contribution in [0.15, 0.2) is 24.3 Å². The fraction of sp³-hybridized carbons (Fsp3) is 0.263. The van der Waals surface area contributed by atoms with Crippen LogP contribution in [0.2, 0.25) is 0 Å². The molecule has 1 aromatic heterocycles. The van der Waals surface area contributed by atoms with E-state index in [0.717, 1.165) is 22.8 Å². The molecule has 1 fully saturated rings. The average molecular weight is 438 g/mol. The maximum absolute atomic E-state index is 13.6. The molecule has 2 amide bonds. The number of carbonyl (C=O) groups is 3. The van der Waals surface area contributed by atoms with Crippen molar-refractivity contribution >= 4 is 17.6 Å². The van der Waals surface area contributed by atoms with Crippen molar-refractivity contribution in [2.45, 2.75) is 11.7 Å². The second-order valence-corrected chi connectivity index (χ2v) is 6.88. The average Bonchev–Trinajstić information content (AvgIpc) is 3.00. The molecule has 0 atom stereocenters. The molecule has 162 valence electrons. The molecular weight excluding hydrogens is 424 g/mol. The highest BCUT2D eigenvalue weighted by Crippen LogP contribution is 2.36. The highest BCUT2D eigenvalue weighted by Gasteiger charge is 2.61. The molecule has 0 bridgehead atoms. The molecule has 1 aliphatic rings. The summed E-state index contributed by atoms with van der Waals surface area (Å²) in [7, 11) is 1.27. The van der Waals surface area contributed by atoms with E-state index in [2.05, 4.69) is 4.74 Å². The minimum absolute atomic E-state index is 0.0161. The van der Waals surface area contributed by atoms with Crippen molar-refractivity contribution in [1.82, 2.24) is 9.88 Å². The molecular formula is C19H14F4N4O4. The van der Waals surface area contributed by atoms with E-state index in [9.17, 15) is 31.9 Å². The molecule has 0 aliphatic carbocycles. The summed E-state index contributed by atoms with van der Waals surface area (Å²) in [4.78, 5) is 36.8. The van der Waals surface area contributed by atoms with E-state index in [1.165, 1.54) is 13.1 Å². The predicted molar refractivity (Wildman–Crippen MR) is 96.1 cm³/mol. The summed E-state index contributed by atoms with van der Waals surface area (Å²) in [6.45, 7) is -1.68. The molecule has 0 radical (unpaired) electrons. The van der Waals surface area contributed by atoms with Crippen LogP contribution in [0.5, 0.6) is 0 Å². The zero-order valence-electron chi connectivity index (χ0n) is 15.8. The normalized spacial score (nSPS) is 15.0. The van der Waals surface area contributed by atoms with Gasteiger partial charge in [-0.15, -0.1) is 0 Å². The van der Waals surface area contributed by atoms with E-state index in [0.29, 0.717) is 0 Å². The summed E-state index contributed by atoms with van der Waals surface area (Å²) in [6.07, 6.45) is -4.85. The van der Waals surface area contributed by atoms with Gasteiger partial charge in [0.2, 0.25) is 0 Å². The number of halogens is 4. The molecule has 1 aliphatic heterocycles. The Bertz CT molecular complexity index is 1140. The quantitative estimate of drug-likeness (QED) is 0.415. The number of nitrogens with two attached hydrogens (primary N) is 1. The number of nitrogens with one attached hydrogen (secondary N) is 1. The fourth-order valence-corrected chi connectivity index (χ4v) is 3.12. The second-order valence-electron chi connectivity index (χ2n) is 6.88. The van der Waals surface area contributed by atoms with Crippen LogP contribution < -0.4 is 11.1 Å². The van der Waals surface area contributed by atoms with Crippen molar-refractivity contribution in [3.8, 4) is 17.3 Å². The van der Waals surface area contributed by atoms with Crippen LogP contribution >= 0.6 is 0 Å². The van der Waals surface area contributed by atoms with Gasteiger partial charge in [-0.05, 0) is 24.3 Å². The number of hydrogen-bond acceptors (Lipinski definition) is 5. The predicted octanol–water partition coefficient (Wildman–Crippen LogP) is 1.43. The molecule has 1 saturated heterocycles. The Labute approximate surface area is 172 Å². The van der Waals surface area contributed by atoms with Crippen LogP contribution in [0.4, 0.5) is 17.6 Å². The van der Waals surface area contributed by atoms with E-state index in [1.54, 1.807) is 11.4 Å². The molecule has 0 saturated carbocycles. The van der Waals surface area contributed by atoms with Crippen LogP contribution in [-0.2, 0) is 16.6 Å². The van der Waals surface area contributed by atoms with E-state index >= 15 is 0 Å². The van der Waals surface area contributed by atoms with Crippen molar-refractivity contribution in [1.29, 1.82) is 5.26 Å². The van der Waals surface area contributed by atoms with Gasteiger partial charge in [0, 0.05) is 12.6 Å². The lowest BCUT2D eigenvalue weighted by Gasteiger charge is -2.42. The number of aromatic nitrogens is 1. The van der Waals surface area contributed by atoms with Gasteiger partial charge < -0.3 is 20.4 Å². The first kappa shape index (κ1) is 22.0. The number of benzene rings is 1. The number of Topliss-reactive ketones (excluding diaryl/α,β-unsaturated/α-hetero) is 1. The Morgan fingerprint density at radius 2 is 1.90 bits per heavy atom. The van der Waals surface area contributed by atoms with Crippen LogP contribution in [0.3, 0.4) is 0 Å². The topological polar surface area (TPSA) is 127 Å². The number of ketones is 1. The van der Waals surface area contributed by atoms with Crippen LogP contribution in [0, 0.1) is 17.1 Å². The lowest BCUT2D eigenvalue weighted by atomic mass is 9.96. The van der Waals surface area contributed by atoms with Gasteiger partial charge in [0.05, 0.1) is 35.7 Å². The molecule has 1 aromatic carbocycles. The van der Waals surface area contributed by atoms with Gasteiger partial charge in [0.15, 0.2) is 5.54 Å². The number of alkyl halides is 3. The molecule has 3 rings (SSSR count). The highest BCUT2D eigenvalue weighted by molar-refractivity contribution is 6.42. The lowest BCUT2D eigenvalue weighted by molar-refractivity contribution is -0.265. The first-order valence-electron chi connectivity index (χ1n) is 8.62.